The number of anilines is 1. The minimum Gasteiger partial charge on any atom is -0.495 e. The molecule has 0 unspecified atom stereocenters. The van der Waals surface area contributed by atoms with Gasteiger partial charge in [-0.2, -0.15) is 0 Å². The summed E-state index contributed by atoms with van der Waals surface area (Å²) in [5.41, 5.74) is 1.28. The number of benzene rings is 2. The fraction of sp³-hybridized carbons (Fsp3) is 0.188. The van der Waals surface area contributed by atoms with Crippen molar-refractivity contribution in [3.05, 3.63) is 59.1 Å². The molecule has 1 amide bonds. The van der Waals surface area contributed by atoms with Crippen molar-refractivity contribution in [2.45, 2.75) is 6.10 Å². The van der Waals surface area contributed by atoms with Crippen LogP contribution in [0.3, 0.4) is 0 Å². The van der Waals surface area contributed by atoms with Crippen molar-refractivity contribution in [2.75, 3.05) is 19.5 Å². The number of rotatable bonds is 5. The first-order chi connectivity index (χ1) is 10.2. The van der Waals surface area contributed by atoms with Crippen LogP contribution in [0.1, 0.15) is 11.7 Å². The van der Waals surface area contributed by atoms with Crippen LogP contribution in [0.5, 0.6) is 5.75 Å². The van der Waals surface area contributed by atoms with Crippen molar-refractivity contribution in [3.63, 3.8) is 0 Å². The van der Waals surface area contributed by atoms with Crippen molar-refractivity contribution in [1.29, 1.82) is 0 Å². The number of amides is 1. The highest BCUT2D eigenvalue weighted by molar-refractivity contribution is 6.31. The Morgan fingerprint density at radius 2 is 1.86 bits per heavy atom. The van der Waals surface area contributed by atoms with E-state index in [9.17, 15) is 4.79 Å². The average Bonchev–Trinajstić information content (AvgIpc) is 2.49. The first kappa shape index (κ1) is 15.4. The largest absolute Gasteiger partial charge is 0.495 e. The maximum absolute atomic E-state index is 12.4. The number of halogens is 1. The first-order valence-electron chi connectivity index (χ1n) is 6.38. The van der Waals surface area contributed by atoms with Crippen LogP contribution in [-0.4, -0.2) is 20.1 Å². The molecule has 2 aromatic rings. The van der Waals surface area contributed by atoms with E-state index in [1.807, 2.05) is 30.3 Å². The Labute approximate surface area is 128 Å². The Kier molecular flexibility index (Phi) is 5.20. The number of methoxy groups -OCH3 is 2. The third-order valence-electron chi connectivity index (χ3n) is 3.00. The Balaban J connectivity index is 2.22. The molecule has 110 valence electrons. The molecule has 0 aromatic heterocycles. The van der Waals surface area contributed by atoms with Gasteiger partial charge in [-0.1, -0.05) is 41.9 Å². The topological polar surface area (TPSA) is 47.6 Å². The van der Waals surface area contributed by atoms with Crippen molar-refractivity contribution < 1.29 is 14.3 Å². The van der Waals surface area contributed by atoms with Gasteiger partial charge in [0.15, 0.2) is 6.10 Å². The molecule has 0 saturated carbocycles. The van der Waals surface area contributed by atoms with Crippen molar-refractivity contribution in [3.8, 4) is 5.75 Å². The fourth-order valence-electron chi connectivity index (χ4n) is 2.00. The summed E-state index contributed by atoms with van der Waals surface area (Å²) >= 11 is 5.95. The van der Waals surface area contributed by atoms with E-state index < -0.39 is 6.10 Å². The van der Waals surface area contributed by atoms with Crippen molar-refractivity contribution >= 4 is 23.2 Å². The fourth-order valence-corrected chi connectivity index (χ4v) is 2.17. The second kappa shape index (κ2) is 7.11. The maximum Gasteiger partial charge on any atom is 0.258 e. The van der Waals surface area contributed by atoms with Crippen LogP contribution in [0.2, 0.25) is 5.02 Å². The van der Waals surface area contributed by atoms with Crippen LogP contribution >= 0.6 is 11.6 Å². The molecule has 5 heteroatoms. The predicted molar refractivity (Wildman–Crippen MR) is 82.8 cm³/mol. The Morgan fingerprint density at radius 1 is 1.14 bits per heavy atom. The molecule has 2 rings (SSSR count). The number of hydrogen-bond donors (Lipinski definition) is 1. The minimum atomic E-state index is -0.699. The molecule has 1 N–H and O–H groups in total. The van der Waals surface area contributed by atoms with E-state index in [4.69, 9.17) is 21.1 Å². The van der Waals surface area contributed by atoms with Gasteiger partial charge >= 0.3 is 0 Å². The van der Waals surface area contributed by atoms with Gasteiger partial charge in [-0.05, 0) is 23.8 Å². The molecule has 21 heavy (non-hydrogen) atoms. The van der Waals surface area contributed by atoms with Gasteiger partial charge in [0.1, 0.15) is 5.75 Å². The highest BCUT2D eigenvalue weighted by atomic mass is 35.5. The normalized spacial score (nSPS) is 11.8. The van der Waals surface area contributed by atoms with Crippen LogP contribution < -0.4 is 10.1 Å². The molecule has 0 fully saturated rings. The summed E-state index contributed by atoms with van der Waals surface area (Å²) in [6.45, 7) is 0. The van der Waals surface area contributed by atoms with E-state index in [1.54, 1.807) is 18.2 Å². The zero-order chi connectivity index (χ0) is 15.2. The summed E-state index contributed by atoms with van der Waals surface area (Å²) in [5.74, 6) is 0.250. The van der Waals surface area contributed by atoms with Gasteiger partial charge in [0.2, 0.25) is 0 Å². The minimum absolute atomic E-state index is 0.288. The zero-order valence-electron chi connectivity index (χ0n) is 11.8. The summed E-state index contributed by atoms with van der Waals surface area (Å²) in [6, 6.07) is 14.3. The van der Waals surface area contributed by atoms with E-state index >= 15 is 0 Å². The average molecular weight is 306 g/mol. The van der Waals surface area contributed by atoms with Crippen LogP contribution in [0.15, 0.2) is 48.5 Å². The lowest BCUT2D eigenvalue weighted by Gasteiger charge is -2.17. The number of carbonyl (C=O) groups excluding carboxylic acids is 1. The second-order valence-corrected chi connectivity index (χ2v) is 4.80. The third kappa shape index (κ3) is 3.74. The van der Waals surface area contributed by atoms with Gasteiger partial charge in [0.05, 0.1) is 12.8 Å². The number of hydrogen-bond acceptors (Lipinski definition) is 3. The summed E-state index contributed by atoms with van der Waals surface area (Å²) in [7, 11) is 3.02. The van der Waals surface area contributed by atoms with E-state index in [2.05, 4.69) is 5.32 Å². The number of ether oxygens (including phenoxy) is 2. The summed E-state index contributed by atoms with van der Waals surface area (Å²) < 4.78 is 10.5. The molecule has 0 aliphatic heterocycles. The highest BCUT2D eigenvalue weighted by Gasteiger charge is 2.21. The van der Waals surface area contributed by atoms with E-state index in [1.165, 1.54) is 14.2 Å². The second-order valence-electron chi connectivity index (χ2n) is 4.36. The predicted octanol–water partition coefficient (Wildman–Crippen LogP) is 3.67. The van der Waals surface area contributed by atoms with Crippen LogP contribution in [0.25, 0.3) is 0 Å². The first-order valence-corrected chi connectivity index (χ1v) is 6.75. The number of carbonyl (C=O) groups is 1. The van der Waals surface area contributed by atoms with Crippen molar-refractivity contribution in [2.24, 2.45) is 0 Å². The van der Waals surface area contributed by atoms with Gasteiger partial charge in [0.25, 0.3) is 5.91 Å². The van der Waals surface area contributed by atoms with E-state index in [0.29, 0.717) is 16.5 Å². The standard InChI is InChI=1S/C16H16ClNO3/c1-20-14-9-8-12(17)10-13(14)18-16(19)15(21-2)11-6-4-3-5-7-11/h3-10,15H,1-2H3,(H,18,19)/t15-/m0/s1. The molecular weight excluding hydrogens is 290 g/mol. The lowest BCUT2D eigenvalue weighted by atomic mass is 10.1. The molecule has 1 atom stereocenters. The molecule has 0 aliphatic carbocycles. The van der Waals surface area contributed by atoms with Crippen LogP contribution in [0, 0.1) is 0 Å². The molecular formula is C16H16ClNO3. The summed E-state index contributed by atoms with van der Waals surface area (Å²) in [6.07, 6.45) is -0.699. The van der Waals surface area contributed by atoms with Gasteiger partial charge in [-0.15, -0.1) is 0 Å². The van der Waals surface area contributed by atoms with Crippen LogP contribution in [0.4, 0.5) is 5.69 Å². The quantitative estimate of drug-likeness (QED) is 0.916. The zero-order valence-corrected chi connectivity index (χ0v) is 12.6. The van der Waals surface area contributed by atoms with E-state index in [0.717, 1.165) is 5.56 Å². The lowest BCUT2D eigenvalue weighted by molar-refractivity contribution is -0.126. The SMILES string of the molecule is COc1ccc(Cl)cc1NC(=O)[C@@H](OC)c1ccccc1. The molecule has 0 bridgehead atoms. The molecule has 0 spiro atoms. The molecule has 2 aromatic carbocycles. The van der Waals surface area contributed by atoms with Crippen LogP contribution in [-0.2, 0) is 9.53 Å². The van der Waals surface area contributed by atoms with Gasteiger partial charge in [-0.3, -0.25) is 4.79 Å². The highest BCUT2D eigenvalue weighted by Crippen LogP contribution is 2.29. The Hall–Kier alpha value is -2.04. The summed E-state index contributed by atoms with van der Waals surface area (Å²) in [4.78, 5) is 12.4. The smallest absolute Gasteiger partial charge is 0.258 e. The van der Waals surface area contributed by atoms with Gasteiger partial charge in [-0.25, -0.2) is 0 Å². The Morgan fingerprint density at radius 3 is 2.48 bits per heavy atom. The van der Waals surface area contributed by atoms with E-state index in [-0.39, 0.29) is 5.91 Å². The third-order valence-corrected chi connectivity index (χ3v) is 3.23. The molecule has 0 saturated heterocycles. The Bertz CT molecular complexity index is 616. The lowest BCUT2D eigenvalue weighted by Crippen LogP contribution is -2.22. The van der Waals surface area contributed by atoms with Gasteiger partial charge in [0, 0.05) is 12.1 Å². The molecule has 0 heterocycles. The molecule has 0 radical (unpaired) electrons. The monoisotopic (exact) mass is 305 g/mol. The van der Waals surface area contributed by atoms with Crippen molar-refractivity contribution in [1.82, 2.24) is 0 Å². The van der Waals surface area contributed by atoms with Gasteiger partial charge < -0.3 is 14.8 Å². The molecule has 0 aliphatic rings. The number of nitrogens with one attached hydrogen (secondary N) is 1. The maximum atomic E-state index is 12.4. The summed E-state index contributed by atoms with van der Waals surface area (Å²) in [5, 5.41) is 3.29. The molecule has 4 nitrogen and oxygen atoms in total.